The van der Waals surface area contributed by atoms with Gasteiger partial charge in [0.05, 0.1) is 22.3 Å². The third-order valence-corrected chi connectivity index (χ3v) is 5.75. The summed E-state index contributed by atoms with van der Waals surface area (Å²) in [6, 6.07) is 1.90. The van der Waals surface area contributed by atoms with Crippen molar-refractivity contribution in [3.8, 4) is 11.8 Å². The van der Waals surface area contributed by atoms with Crippen molar-refractivity contribution >= 4 is 39.2 Å². The largest absolute Gasteiger partial charge is 0.449 e. The molecule has 1 saturated carbocycles. The van der Waals surface area contributed by atoms with Crippen molar-refractivity contribution in [3.05, 3.63) is 34.6 Å². The molecule has 0 bridgehead atoms. The molecule has 1 fully saturated rings. The molecule has 4 rings (SSSR count). The number of benzene rings is 1. The minimum atomic E-state index is -4.66. The Labute approximate surface area is 172 Å². The molecule has 1 aromatic carbocycles. The number of rotatable bonds is 3. The summed E-state index contributed by atoms with van der Waals surface area (Å²) in [5.41, 5.74) is 0.324. The van der Waals surface area contributed by atoms with Crippen LogP contribution in [0, 0.1) is 11.8 Å². The van der Waals surface area contributed by atoms with Crippen molar-refractivity contribution in [2.24, 2.45) is 0 Å². The van der Waals surface area contributed by atoms with Crippen molar-refractivity contribution in [3.63, 3.8) is 0 Å². The van der Waals surface area contributed by atoms with Gasteiger partial charge in [-0.05, 0) is 30.9 Å². The molecule has 156 valence electrons. The smallest absolute Gasteiger partial charge is 0.334 e. The number of carbonyl (C=O) groups is 1. The summed E-state index contributed by atoms with van der Waals surface area (Å²) in [6.45, 7) is -0.943. The molecule has 2 heterocycles. The van der Waals surface area contributed by atoms with Gasteiger partial charge >= 0.3 is 12.2 Å². The second-order valence-electron chi connectivity index (χ2n) is 6.71. The maximum absolute atomic E-state index is 12.9. The zero-order chi connectivity index (χ0) is 21.3. The number of nitrogens with zero attached hydrogens (tertiary/aromatic N) is 2. The van der Waals surface area contributed by atoms with Crippen molar-refractivity contribution in [1.82, 2.24) is 15.0 Å². The Morgan fingerprint density at radius 2 is 2.10 bits per heavy atom. The number of aromatic nitrogens is 3. The molecule has 2 aromatic heterocycles. The number of fused-ring (bicyclic) bond motifs is 1. The first-order valence-corrected chi connectivity index (χ1v) is 9.84. The third kappa shape index (κ3) is 4.23. The van der Waals surface area contributed by atoms with Gasteiger partial charge in [-0.2, -0.15) is 13.2 Å². The van der Waals surface area contributed by atoms with Crippen molar-refractivity contribution in [2.45, 2.75) is 31.4 Å². The lowest BCUT2D eigenvalue weighted by molar-refractivity contribution is -0.144. The van der Waals surface area contributed by atoms with Crippen LogP contribution in [0.25, 0.3) is 11.0 Å². The van der Waals surface area contributed by atoms with Crippen LogP contribution in [0.15, 0.2) is 18.3 Å². The van der Waals surface area contributed by atoms with Gasteiger partial charge in [0.2, 0.25) is 5.82 Å². The number of hydrogen-bond acceptors (Lipinski definition) is 4. The lowest BCUT2D eigenvalue weighted by atomic mass is 9.85. The lowest BCUT2D eigenvalue weighted by Crippen LogP contribution is -2.20. The molecule has 0 radical (unpaired) electrons. The van der Waals surface area contributed by atoms with Crippen molar-refractivity contribution < 1.29 is 22.4 Å². The van der Waals surface area contributed by atoms with Crippen LogP contribution in [0.4, 0.5) is 33.2 Å². The Balaban J connectivity index is 1.57. The van der Waals surface area contributed by atoms with E-state index in [1.165, 1.54) is 29.9 Å². The Morgan fingerprint density at radius 1 is 1.30 bits per heavy atom. The molecule has 0 unspecified atom stereocenters. The number of anilines is 2. The predicted molar refractivity (Wildman–Crippen MR) is 105 cm³/mol. The summed E-state index contributed by atoms with van der Waals surface area (Å²) in [5.74, 6) is 4.00. The van der Waals surface area contributed by atoms with E-state index in [0.29, 0.717) is 11.0 Å². The Bertz CT molecular complexity index is 1150. The normalized spacial score (nSPS) is 14.1. The molecule has 0 saturated heterocycles. The molecular formula is C19H15F4N5OS. The summed E-state index contributed by atoms with van der Waals surface area (Å²) in [6.07, 6.45) is 0.471. The maximum atomic E-state index is 12.9. The Morgan fingerprint density at radius 3 is 2.77 bits per heavy atom. The minimum Gasteiger partial charge on any atom is -0.334 e. The molecule has 3 aromatic rings. The number of amides is 2. The van der Waals surface area contributed by atoms with Gasteiger partial charge in [-0.3, -0.25) is 5.32 Å². The summed E-state index contributed by atoms with van der Waals surface area (Å²) < 4.78 is 51.2. The number of imidazole rings is 1. The average Bonchev–Trinajstić information content (AvgIpc) is 3.24. The predicted octanol–water partition coefficient (Wildman–Crippen LogP) is 5.27. The van der Waals surface area contributed by atoms with Gasteiger partial charge in [0, 0.05) is 11.1 Å². The van der Waals surface area contributed by atoms with Gasteiger partial charge in [0.1, 0.15) is 0 Å². The standard InChI is InChI=1S/C19H15F4N5OS/c20-6-2-5-11-7-13-14(26-16(25-13)19(21,22)23)8-12(11)27-17(29)28-18-24-9-15(30-18)10-3-1-4-10/h7-10H,1,3-4,6H2,(H,25,26)(H2,24,27,28,29). The van der Waals surface area contributed by atoms with Gasteiger partial charge < -0.3 is 10.3 Å². The molecule has 1 aliphatic rings. The number of nitrogens with one attached hydrogen (secondary N) is 3. The second kappa shape index (κ2) is 7.95. The van der Waals surface area contributed by atoms with Crippen molar-refractivity contribution in [1.29, 1.82) is 0 Å². The molecule has 3 N–H and O–H groups in total. The van der Waals surface area contributed by atoms with E-state index in [0.717, 1.165) is 17.7 Å². The molecule has 2 amide bonds. The first kappa shape index (κ1) is 20.2. The quantitative estimate of drug-likeness (QED) is 0.386. The third-order valence-electron chi connectivity index (χ3n) is 4.68. The zero-order valence-electron chi connectivity index (χ0n) is 15.4. The van der Waals surface area contributed by atoms with Gasteiger partial charge in [-0.25, -0.2) is 19.2 Å². The summed E-state index contributed by atoms with van der Waals surface area (Å²) in [4.78, 5) is 23.3. The minimum absolute atomic E-state index is 0.00139. The topological polar surface area (TPSA) is 82.7 Å². The highest BCUT2D eigenvalue weighted by Crippen LogP contribution is 2.40. The fourth-order valence-electron chi connectivity index (χ4n) is 3.00. The van der Waals surface area contributed by atoms with E-state index in [1.807, 2.05) is 0 Å². The van der Waals surface area contributed by atoms with Crippen LogP contribution >= 0.6 is 11.3 Å². The van der Waals surface area contributed by atoms with E-state index < -0.39 is 24.7 Å². The number of halogens is 4. The van der Waals surface area contributed by atoms with E-state index in [2.05, 4.69) is 37.4 Å². The van der Waals surface area contributed by atoms with Crippen LogP contribution in [-0.2, 0) is 6.18 Å². The molecular weight excluding hydrogens is 422 g/mol. The number of thiazole rings is 1. The molecule has 0 spiro atoms. The lowest BCUT2D eigenvalue weighted by Gasteiger charge is -2.23. The number of hydrogen-bond donors (Lipinski definition) is 3. The molecule has 30 heavy (non-hydrogen) atoms. The number of urea groups is 1. The van der Waals surface area contributed by atoms with E-state index in [9.17, 15) is 22.4 Å². The fraction of sp³-hybridized carbons (Fsp3) is 0.316. The van der Waals surface area contributed by atoms with Gasteiger partial charge in [-0.1, -0.05) is 18.3 Å². The molecule has 11 heteroatoms. The maximum Gasteiger partial charge on any atom is 0.449 e. The van der Waals surface area contributed by atoms with E-state index in [4.69, 9.17) is 0 Å². The van der Waals surface area contributed by atoms with E-state index in [-0.39, 0.29) is 22.3 Å². The van der Waals surface area contributed by atoms with Gasteiger partial charge in [0.25, 0.3) is 0 Å². The second-order valence-corrected chi connectivity index (χ2v) is 7.77. The van der Waals surface area contributed by atoms with Crippen LogP contribution in [-0.4, -0.2) is 27.7 Å². The highest BCUT2D eigenvalue weighted by Gasteiger charge is 2.34. The first-order chi connectivity index (χ1) is 14.3. The van der Waals surface area contributed by atoms with E-state index in [1.54, 1.807) is 6.20 Å². The van der Waals surface area contributed by atoms with Crippen LogP contribution in [0.1, 0.15) is 41.4 Å². The van der Waals surface area contributed by atoms with Gasteiger partial charge in [-0.15, -0.1) is 11.3 Å². The van der Waals surface area contributed by atoms with Crippen LogP contribution in [0.5, 0.6) is 0 Å². The summed E-state index contributed by atoms with van der Waals surface area (Å²) in [5, 5.41) is 5.55. The molecule has 0 aliphatic heterocycles. The number of alkyl halides is 4. The van der Waals surface area contributed by atoms with Crippen LogP contribution < -0.4 is 10.6 Å². The van der Waals surface area contributed by atoms with Crippen LogP contribution in [0.3, 0.4) is 0 Å². The monoisotopic (exact) mass is 437 g/mol. The fourth-order valence-corrected chi connectivity index (χ4v) is 3.98. The van der Waals surface area contributed by atoms with Crippen molar-refractivity contribution in [2.75, 3.05) is 17.3 Å². The number of carbonyl (C=O) groups excluding carboxylic acids is 1. The average molecular weight is 437 g/mol. The molecule has 6 nitrogen and oxygen atoms in total. The SMILES string of the molecule is O=C(Nc1ncc(C2CCC2)s1)Nc1cc2[nH]c(C(F)(F)F)nc2cc1C#CCF. The zero-order valence-corrected chi connectivity index (χ0v) is 16.2. The number of aromatic amines is 1. The number of H-pyrrole nitrogens is 1. The highest BCUT2D eigenvalue weighted by molar-refractivity contribution is 7.15. The van der Waals surface area contributed by atoms with E-state index >= 15 is 0 Å². The van der Waals surface area contributed by atoms with Crippen LogP contribution in [0.2, 0.25) is 0 Å². The van der Waals surface area contributed by atoms with Gasteiger partial charge in [0.15, 0.2) is 11.8 Å². The Kier molecular flexibility index (Phi) is 5.34. The highest BCUT2D eigenvalue weighted by atomic mass is 32.1. The first-order valence-electron chi connectivity index (χ1n) is 9.03. The summed E-state index contributed by atoms with van der Waals surface area (Å²) >= 11 is 1.38. The molecule has 0 atom stereocenters. The molecule has 1 aliphatic carbocycles. The summed E-state index contributed by atoms with van der Waals surface area (Å²) in [7, 11) is 0. The Hall–Kier alpha value is -3.13.